The summed E-state index contributed by atoms with van der Waals surface area (Å²) in [6.45, 7) is 2.68. The van der Waals surface area contributed by atoms with Crippen LogP contribution in [0.5, 0.6) is 0 Å². The highest BCUT2D eigenvalue weighted by atomic mass is 16.2. The van der Waals surface area contributed by atoms with Crippen LogP contribution in [0.25, 0.3) is 0 Å². The van der Waals surface area contributed by atoms with E-state index in [9.17, 15) is 4.79 Å². The zero-order valence-electron chi connectivity index (χ0n) is 9.89. The molecule has 2 N–H and O–H groups in total. The summed E-state index contributed by atoms with van der Waals surface area (Å²) in [4.78, 5) is 17.4. The third kappa shape index (κ3) is 3.62. The molecule has 0 bridgehead atoms. The molecule has 1 aromatic rings. The first-order valence-electron chi connectivity index (χ1n) is 5.51. The fourth-order valence-electron chi connectivity index (χ4n) is 1.35. The van der Waals surface area contributed by atoms with Gasteiger partial charge in [-0.15, -0.1) is 0 Å². The molecule has 0 aliphatic heterocycles. The number of anilines is 1. The Kier molecular flexibility index (Phi) is 4.92. The zero-order chi connectivity index (χ0) is 12.0. The number of amides is 1. The van der Waals surface area contributed by atoms with Gasteiger partial charge in [-0.1, -0.05) is 6.92 Å². The molecule has 1 amide bonds. The smallest absolute Gasteiger partial charge is 0.226 e. The molecule has 4 heteroatoms. The SMILES string of the molecule is CC(CN)CCC(=O)N(C)c1cccnc1. The Morgan fingerprint density at radius 2 is 2.38 bits per heavy atom. The predicted molar refractivity (Wildman–Crippen MR) is 65.1 cm³/mol. The highest BCUT2D eigenvalue weighted by Crippen LogP contribution is 2.12. The third-order valence-electron chi connectivity index (χ3n) is 2.66. The number of nitrogens with two attached hydrogens (primary N) is 1. The standard InChI is InChI=1S/C12H19N3O/c1-10(8-13)5-6-12(16)15(2)11-4-3-7-14-9-11/h3-4,7,9-10H,5-6,8,13H2,1-2H3. The van der Waals surface area contributed by atoms with E-state index < -0.39 is 0 Å². The van der Waals surface area contributed by atoms with Crippen LogP contribution in [-0.4, -0.2) is 24.5 Å². The first-order valence-corrected chi connectivity index (χ1v) is 5.51. The summed E-state index contributed by atoms with van der Waals surface area (Å²) < 4.78 is 0. The molecule has 0 saturated heterocycles. The second-order valence-electron chi connectivity index (χ2n) is 4.04. The summed E-state index contributed by atoms with van der Waals surface area (Å²) in [5, 5.41) is 0. The second-order valence-corrected chi connectivity index (χ2v) is 4.04. The fraction of sp³-hybridized carbons (Fsp3) is 0.500. The molecule has 1 unspecified atom stereocenters. The van der Waals surface area contributed by atoms with Crippen molar-refractivity contribution in [2.75, 3.05) is 18.5 Å². The Balaban J connectivity index is 2.49. The lowest BCUT2D eigenvalue weighted by Gasteiger charge is -2.17. The van der Waals surface area contributed by atoms with Gasteiger partial charge in [0.15, 0.2) is 0 Å². The Morgan fingerprint density at radius 3 is 2.94 bits per heavy atom. The number of hydrogen-bond acceptors (Lipinski definition) is 3. The monoisotopic (exact) mass is 221 g/mol. The summed E-state index contributed by atoms with van der Waals surface area (Å²) in [5.41, 5.74) is 6.34. The largest absolute Gasteiger partial charge is 0.330 e. The van der Waals surface area contributed by atoms with Crippen molar-refractivity contribution >= 4 is 11.6 Å². The molecule has 0 radical (unpaired) electrons. The van der Waals surface area contributed by atoms with Crippen molar-refractivity contribution in [3.63, 3.8) is 0 Å². The van der Waals surface area contributed by atoms with Gasteiger partial charge in [-0.05, 0) is 31.0 Å². The molecule has 0 spiro atoms. The zero-order valence-corrected chi connectivity index (χ0v) is 9.89. The van der Waals surface area contributed by atoms with E-state index in [2.05, 4.69) is 11.9 Å². The number of carbonyl (C=O) groups is 1. The molecule has 1 heterocycles. The maximum atomic E-state index is 11.8. The van der Waals surface area contributed by atoms with Crippen LogP contribution in [0.15, 0.2) is 24.5 Å². The molecule has 1 atom stereocenters. The quantitative estimate of drug-likeness (QED) is 0.818. The normalized spacial score (nSPS) is 12.2. The maximum absolute atomic E-state index is 11.8. The van der Waals surface area contributed by atoms with E-state index in [0.717, 1.165) is 12.1 Å². The third-order valence-corrected chi connectivity index (χ3v) is 2.66. The summed E-state index contributed by atoms with van der Waals surface area (Å²) in [6.07, 6.45) is 4.74. The molecule has 0 fully saturated rings. The summed E-state index contributed by atoms with van der Waals surface area (Å²) in [5.74, 6) is 0.500. The number of rotatable bonds is 5. The highest BCUT2D eigenvalue weighted by Gasteiger charge is 2.11. The van der Waals surface area contributed by atoms with Gasteiger partial charge in [0, 0.05) is 19.7 Å². The molecular formula is C12H19N3O. The predicted octanol–water partition coefficient (Wildman–Crippen LogP) is 1.42. The van der Waals surface area contributed by atoms with Gasteiger partial charge in [0.25, 0.3) is 0 Å². The first-order chi connectivity index (χ1) is 7.65. The average Bonchev–Trinajstić information content (AvgIpc) is 2.35. The molecule has 1 rings (SSSR count). The summed E-state index contributed by atoms with van der Waals surface area (Å²) >= 11 is 0. The molecule has 0 aliphatic rings. The van der Waals surface area contributed by atoms with E-state index in [1.165, 1.54) is 0 Å². The molecular weight excluding hydrogens is 202 g/mol. The molecule has 0 aromatic carbocycles. The number of hydrogen-bond donors (Lipinski definition) is 1. The topological polar surface area (TPSA) is 59.2 Å². The lowest BCUT2D eigenvalue weighted by Crippen LogP contribution is -2.27. The van der Waals surface area contributed by atoms with E-state index in [-0.39, 0.29) is 5.91 Å². The van der Waals surface area contributed by atoms with Gasteiger partial charge >= 0.3 is 0 Å². The van der Waals surface area contributed by atoms with Crippen molar-refractivity contribution in [3.8, 4) is 0 Å². The van der Waals surface area contributed by atoms with Gasteiger partial charge in [-0.25, -0.2) is 0 Å². The van der Waals surface area contributed by atoms with E-state index in [1.54, 1.807) is 24.3 Å². The molecule has 4 nitrogen and oxygen atoms in total. The Hall–Kier alpha value is -1.42. The molecule has 0 saturated carbocycles. The van der Waals surface area contributed by atoms with Crippen LogP contribution in [0, 0.1) is 5.92 Å². The van der Waals surface area contributed by atoms with Crippen LogP contribution in [-0.2, 0) is 4.79 Å². The molecule has 88 valence electrons. The Labute approximate surface area is 96.5 Å². The van der Waals surface area contributed by atoms with Crippen LogP contribution >= 0.6 is 0 Å². The van der Waals surface area contributed by atoms with Crippen molar-refractivity contribution in [1.82, 2.24) is 4.98 Å². The summed E-state index contributed by atoms with van der Waals surface area (Å²) in [6, 6.07) is 3.69. The highest BCUT2D eigenvalue weighted by molar-refractivity contribution is 5.92. The van der Waals surface area contributed by atoms with E-state index in [4.69, 9.17) is 5.73 Å². The molecule has 1 aromatic heterocycles. The first kappa shape index (κ1) is 12.6. The average molecular weight is 221 g/mol. The van der Waals surface area contributed by atoms with E-state index in [0.29, 0.717) is 18.9 Å². The minimum Gasteiger partial charge on any atom is -0.330 e. The van der Waals surface area contributed by atoms with Crippen LogP contribution in [0.4, 0.5) is 5.69 Å². The number of aromatic nitrogens is 1. The fourth-order valence-corrected chi connectivity index (χ4v) is 1.35. The van der Waals surface area contributed by atoms with Gasteiger partial charge in [0.1, 0.15) is 0 Å². The number of carbonyl (C=O) groups excluding carboxylic acids is 1. The Bertz CT molecular complexity index is 326. The lowest BCUT2D eigenvalue weighted by atomic mass is 10.1. The van der Waals surface area contributed by atoms with Gasteiger partial charge in [0.05, 0.1) is 11.9 Å². The van der Waals surface area contributed by atoms with Crippen molar-refractivity contribution in [2.24, 2.45) is 11.7 Å². The van der Waals surface area contributed by atoms with E-state index >= 15 is 0 Å². The van der Waals surface area contributed by atoms with Crippen molar-refractivity contribution < 1.29 is 4.79 Å². The lowest BCUT2D eigenvalue weighted by molar-refractivity contribution is -0.118. The summed E-state index contributed by atoms with van der Waals surface area (Å²) in [7, 11) is 1.77. The Morgan fingerprint density at radius 1 is 1.62 bits per heavy atom. The van der Waals surface area contributed by atoms with Gasteiger partial charge in [0.2, 0.25) is 5.91 Å². The van der Waals surface area contributed by atoms with Gasteiger partial charge in [-0.3, -0.25) is 9.78 Å². The van der Waals surface area contributed by atoms with Crippen molar-refractivity contribution in [2.45, 2.75) is 19.8 Å². The maximum Gasteiger partial charge on any atom is 0.226 e. The van der Waals surface area contributed by atoms with Crippen LogP contribution < -0.4 is 10.6 Å². The van der Waals surface area contributed by atoms with E-state index in [1.807, 2.05) is 12.1 Å². The minimum absolute atomic E-state index is 0.105. The van der Waals surface area contributed by atoms with Crippen LogP contribution in [0.1, 0.15) is 19.8 Å². The van der Waals surface area contributed by atoms with Gasteiger partial charge < -0.3 is 10.6 Å². The van der Waals surface area contributed by atoms with Gasteiger partial charge in [-0.2, -0.15) is 0 Å². The second kappa shape index (κ2) is 6.23. The number of pyridine rings is 1. The molecule has 0 aliphatic carbocycles. The van der Waals surface area contributed by atoms with Crippen LogP contribution in [0.3, 0.4) is 0 Å². The number of nitrogens with zero attached hydrogens (tertiary/aromatic N) is 2. The minimum atomic E-state index is 0.105. The van der Waals surface area contributed by atoms with Crippen molar-refractivity contribution in [1.29, 1.82) is 0 Å². The van der Waals surface area contributed by atoms with Crippen LogP contribution in [0.2, 0.25) is 0 Å². The molecule has 16 heavy (non-hydrogen) atoms. The van der Waals surface area contributed by atoms with Crippen molar-refractivity contribution in [3.05, 3.63) is 24.5 Å².